The third-order valence-corrected chi connectivity index (χ3v) is 4.02. The summed E-state index contributed by atoms with van der Waals surface area (Å²) in [5.74, 6) is 1.69. The van der Waals surface area contributed by atoms with E-state index in [0.717, 1.165) is 18.9 Å². The van der Waals surface area contributed by atoms with E-state index in [-0.39, 0.29) is 0 Å². The van der Waals surface area contributed by atoms with Crippen molar-refractivity contribution >= 4 is 0 Å². The Bertz CT molecular complexity index is 373. The molecule has 0 amide bonds. The molecule has 0 saturated heterocycles. The van der Waals surface area contributed by atoms with Crippen molar-refractivity contribution in [3.05, 3.63) is 12.2 Å². The number of nitrogens with zero attached hydrogens (tertiary/aromatic N) is 4. The van der Waals surface area contributed by atoms with Crippen LogP contribution in [0.2, 0.25) is 0 Å². The second-order valence-corrected chi connectivity index (χ2v) is 5.62. The third kappa shape index (κ3) is 2.72. The Labute approximate surface area is 109 Å². The van der Waals surface area contributed by atoms with Gasteiger partial charge in [-0.1, -0.05) is 6.42 Å². The molecule has 1 aliphatic rings. The monoisotopic (exact) mass is 251 g/mol. The summed E-state index contributed by atoms with van der Waals surface area (Å²) >= 11 is 0. The van der Waals surface area contributed by atoms with Gasteiger partial charge in [-0.2, -0.15) is 5.10 Å². The number of hydrogen-bond donors (Lipinski definition) is 1. The summed E-state index contributed by atoms with van der Waals surface area (Å²) in [7, 11) is 2.18. The maximum Gasteiger partial charge on any atom is 0.141 e. The average Bonchev–Trinajstić information content (AvgIpc) is 2.96. The molecule has 0 aliphatic heterocycles. The molecular weight excluding hydrogens is 226 g/mol. The summed E-state index contributed by atoms with van der Waals surface area (Å²) in [5, 5.41) is 4.29. The molecule has 2 unspecified atom stereocenters. The summed E-state index contributed by atoms with van der Waals surface area (Å²) < 4.78 is 2.00. The summed E-state index contributed by atoms with van der Waals surface area (Å²) in [5.41, 5.74) is 5.85. The smallest absolute Gasteiger partial charge is 0.141 e. The first-order valence-electron chi connectivity index (χ1n) is 6.92. The van der Waals surface area contributed by atoms with Crippen LogP contribution in [0.1, 0.15) is 45.0 Å². The van der Waals surface area contributed by atoms with Crippen molar-refractivity contribution in [2.24, 2.45) is 11.7 Å². The van der Waals surface area contributed by atoms with Crippen LogP contribution in [-0.4, -0.2) is 39.3 Å². The molecule has 2 N–H and O–H groups in total. The second-order valence-electron chi connectivity index (χ2n) is 5.62. The Morgan fingerprint density at radius 3 is 2.94 bits per heavy atom. The van der Waals surface area contributed by atoms with Crippen LogP contribution in [0, 0.1) is 5.92 Å². The van der Waals surface area contributed by atoms with Gasteiger partial charge in [-0.05, 0) is 46.2 Å². The molecule has 1 aromatic heterocycles. The van der Waals surface area contributed by atoms with Gasteiger partial charge in [0, 0.05) is 12.1 Å². The SMILES string of the molecule is CC(C)n1ncnc1CN(C)C1CCCC1CN. The van der Waals surface area contributed by atoms with Gasteiger partial charge in [0.05, 0.1) is 6.54 Å². The number of nitrogens with two attached hydrogens (primary N) is 1. The molecule has 1 heterocycles. The normalized spacial score (nSPS) is 24.3. The van der Waals surface area contributed by atoms with Crippen LogP contribution in [0.25, 0.3) is 0 Å². The lowest BCUT2D eigenvalue weighted by Crippen LogP contribution is -2.38. The highest BCUT2D eigenvalue weighted by Crippen LogP contribution is 2.29. The topological polar surface area (TPSA) is 60.0 Å². The van der Waals surface area contributed by atoms with Crippen molar-refractivity contribution in [3.63, 3.8) is 0 Å². The van der Waals surface area contributed by atoms with E-state index < -0.39 is 0 Å². The Kier molecular flexibility index (Phi) is 4.35. The first-order valence-corrected chi connectivity index (χ1v) is 6.92. The quantitative estimate of drug-likeness (QED) is 0.860. The van der Waals surface area contributed by atoms with Crippen LogP contribution in [0.4, 0.5) is 0 Å². The van der Waals surface area contributed by atoms with Crippen molar-refractivity contribution in [1.29, 1.82) is 0 Å². The highest BCUT2D eigenvalue weighted by molar-refractivity contribution is 4.91. The van der Waals surface area contributed by atoms with Crippen LogP contribution in [0.3, 0.4) is 0 Å². The van der Waals surface area contributed by atoms with E-state index in [2.05, 4.69) is 35.9 Å². The van der Waals surface area contributed by atoms with E-state index >= 15 is 0 Å². The van der Waals surface area contributed by atoms with Crippen molar-refractivity contribution in [3.8, 4) is 0 Å². The van der Waals surface area contributed by atoms with Crippen LogP contribution in [0.15, 0.2) is 6.33 Å². The number of rotatable bonds is 5. The fraction of sp³-hybridized carbons (Fsp3) is 0.846. The van der Waals surface area contributed by atoms with Crippen molar-refractivity contribution < 1.29 is 0 Å². The average molecular weight is 251 g/mol. The molecule has 1 fully saturated rings. The minimum atomic E-state index is 0.366. The zero-order valence-corrected chi connectivity index (χ0v) is 11.7. The maximum atomic E-state index is 5.85. The molecule has 1 aromatic rings. The van der Waals surface area contributed by atoms with E-state index in [1.165, 1.54) is 19.3 Å². The molecular formula is C13H25N5. The first kappa shape index (κ1) is 13.5. The molecule has 0 radical (unpaired) electrons. The van der Waals surface area contributed by atoms with E-state index in [1.54, 1.807) is 6.33 Å². The van der Waals surface area contributed by atoms with Gasteiger partial charge in [0.25, 0.3) is 0 Å². The number of hydrogen-bond acceptors (Lipinski definition) is 4. The summed E-state index contributed by atoms with van der Waals surface area (Å²) in [6.45, 7) is 5.93. The third-order valence-electron chi connectivity index (χ3n) is 4.02. The van der Waals surface area contributed by atoms with Gasteiger partial charge < -0.3 is 5.73 Å². The summed E-state index contributed by atoms with van der Waals surface area (Å²) in [6.07, 6.45) is 5.47. The highest BCUT2D eigenvalue weighted by atomic mass is 15.4. The minimum Gasteiger partial charge on any atom is -0.330 e. The van der Waals surface area contributed by atoms with Crippen LogP contribution >= 0.6 is 0 Å². The lowest BCUT2D eigenvalue weighted by Gasteiger charge is -2.28. The Balaban J connectivity index is 2.02. The molecule has 1 saturated carbocycles. The molecule has 5 nitrogen and oxygen atoms in total. The molecule has 0 aromatic carbocycles. The molecule has 18 heavy (non-hydrogen) atoms. The standard InChI is InChI=1S/C13H25N5/c1-10(2)18-13(15-9-16-18)8-17(3)12-6-4-5-11(12)7-14/h9-12H,4-8,14H2,1-3H3. The van der Waals surface area contributed by atoms with Gasteiger partial charge in [-0.3, -0.25) is 4.90 Å². The Morgan fingerprint density at radius 2 is 2.28 bits per heavy atom. The molecule has 5 heteroatoms. The van der Waals surface area contributed by atoms with Crippen LogP contribution < -0.4 is 5.73 Å². The second kappa shape index (κ2) is 5.80. The Hall–Kier alpha value is -0.940. The van der Waals surface area contributed by atoms with Gasteiger partial charge >= 0.3 is 0 Å². The predicted octanol–water partition coefficient (Wildman–Crippen LogP) is 1.42. The van der Waals surface area contributed by atoms with E-state index in [9.17, 15) is 0 Å². The molecule has 0 spiro atoms. The fourth-order valence-electron chi connectivity index (χ4n) is 3.03. The van der Waals surface area contributed by atoms with Crippen molar-refractivity contribution in [2.75, 3.05) is 13.6 Å². The maximum absolute atomic E-state index is 5.85. The fourth-order valence-corrected chi connectivity index (χ4v) is 3.03. The predicted molar refractivity (Wildman–Crippen MR) is 72.1 cm³/mol. The Morgan fingerprint density at radius 1 is 1.50 bits per heavy atom. The first-order chi connectivity index (χ1) is 8.63. The van der Waals surface area contributed by atoms with Gasteiger partial charge in [0.15, 0.2) is 0 Å². The summed E-state index contributed by atoms with van der Waals surface area (Å²) in [4.78, 5) is 6.77. The van der Waals surface area contributed by atoms with Gasteiger partial charge in [-0.15, -0.1) is 0 Å². The van der Waals surface area contributed by atoms with Gasteiger partial charge in [0.2, 0.25) is 0 Å². The van der Waals surface area contributed by atoms with E-state index in [0.29, 0.717) is 18.0 Å². The lowest BCUT2D eigenvalue weighted by atomic mass is 10.0. The zero-order valence-electron chi connectivity index (χ0n) is 11.7. The number of aromatic nitrogens is 3. The molecule has 102 valence electrons. The van der Waals surface area contributed by atoms with E-state index in [1.807, 2.05) is 4.68 Å². The van der Waals surface area contributed by atoms with Crippen molar-refractivity contribution in [2.45, 2.75) is 51.7 Å². The largest absolute Gasteiger partial charge is 0.330 e. The summed E-state index contributed by atoms with van der Waals surface area (Å²) in [6, 6.07) is 0.970. The highest BCUT2D eigenvalue weighted by Gasteiger charge is 2.29. The van der Waals surface area contributed by atoms with E-state index in [4.69, 9.17) is 5.73 Å². The molecule has 1 aliphatic carbocycles. The molecule has 0 bridgehead atoms. The zero-order chi connectivity index (χ0) is 13.1. The van der Waals surface area contributed by atoms with Gasteiger partial charge in [-0.25, -0.2) is 9.67 Å². The molecule has 2 rings (SSSR count). The van der Waals surface area contributed by atoms with Crippen LogP contribution in [-0.2, 0) is 6.54 Å². The lowest BCUT2D eigenvalue weighted by molar-refractivity contribution is 0.184. The molecule has 2 atom stereocenters. The van der Waals surface area contributed by atoms with Crippen molar-refractivity contribution in [1.82, 2.24) is 19.7 Å². The van der Waals surface area contributed by atoms with Crippen LogP contribution in [0.5, 0.6) is 0 Å². The van der Waals surface area contributed by atoms with Gasteiger partial charge in [0.1, 0.15) is 12.2 Å². The minimum absolute atomic E-state index is 0.366.